The van der Waals surface area contributed by atoms with Gasteiger partial charge in [0.15, 0.2) is 0 Å². The minimum Gasteiger partial charge on any atom is -0.350 e. The van der Waals surface area contributed by atoms with Crippen LogP contribution < -0.4 is 16.6 Å². The molecule has 1 heterocycles. The lowest BCUT2D eigenvalue weighted by molar-refractivity contribution is -0.121. The third-order valence-corrected chi connectivity index (χ3v) is 5.26. The number of amides is 1. The van der Waals surface area contributed by atoms with Gasteiger partial charge in [0.25, 0.3) is 5.56 Å². The molecule has 1 aromatic heterocycles. The third-order valence-electron chi connectivity index (χ3n) is 4.91. The van der Waals surface area contributed by atoms with Gasteiger partial charge in [-0.3, -0.25) is 18.7 Å². The van der Waals surface area contributed by atoms with Crippen LogP contribution in [0.15, 0.2) is 52.1 Å². The number of para-hydroxylation sites is 1. The predicted octanol–water partition coefficient (Wildman–Crippen LogP) is 3.24. The molecule has 29 heavy (non-hydrogen) atoms. The number of aromatic nitrogens is 2. The van der Waals surface area contributed by atoms with Crippen molar-refractivity contribution in [2.45, 2.75) is 39.4 Å². The van der Waals surface area contributed by atoms with Gasteiger partial charge < -0.3 is 5.32 Å². The maximum Gasteiger partial charge on any atom is 0.332 e. The Morgan fingerprint density at radius 1 is 1.21 bits per heavy atom. The highest BCUT2D eigenvalue weighted by Crippen LogP contribution is 2.17. The van der Waals surface area contributed by atoms with Crippen molar-refractivity contribution < 1.29 is 9.18 Å². The van der Waals surface area contributed by atoms with Crippen molar-refractivity contribution in [3.8, 4) is 0 Å². The second-order valence-corrected chi connectivity index (χ2v) is 7.24. The average Bonchev–Trinajstić information content (AvgIpc) is 2.70. The van der Waals surface area contributed by atoms with E-state index in [9.17, 15) is 18.8 Å². The summed E-state index contributed by atoms with van der Waals surface area (Å²) in [6.07, 6.45) is 0.600. The van der Waals surface area contributed by atoms with Gasteiger partial charge in [0.05, 0.1) is 10.9 Å². The number of nitrogens with one attached hydrogen (secondary N) is 1. The summed E-state index contributed by atoms with van der Waals surface area (Å²) in [5, 5.41) is 3.27. The smallest absolute Gasteiger partial charge is 0.332 e. The van der Waals surface area contributed by atoms with E-state index in [1.807, 2.05) is 6.92 Å². The Bertz CT molecular complexity index is 1190. The lowest BCUT2D eigenvalue weighted by Gasteiger charge is -2.17. The van der Waals surface area contributed by atoms with Crippen molar-refractivity contribution in [3.63, 3.8) is 0 Å². The van der Waals surface area contributed by atoms with E-state index in [0.29, 0.717) is 22.9 Å². The second kappa shape index (κ2) is 8.61. The van der Waals surface area contributed by atoms with Gasteiger partial charge >= 0.3 is 5.69 Å². The highest BCUT2D eigenvalue weighted by molar-refractivity contribution is 6.31. The van der Waals surface area contributed by atoms with Crippen LogP contribution in [0.3, 0.4) is 0 Å². The van der Waals surface area contributed by atoms with Crippen molar-refractivity contribution in [2.75, 3.05) is 0 Å². The van der Waals surface area contributed by atoms with Crippen molar-refractivity contribution in [2.24, 2.45) is 0 Å². The number of nitrogens with zero attached hydrogens (tertiary/aromatic N) is 2. The van der Waals surface area contributed by atoms with Gasteiger partial charge in [0.1, 0.15) is 12.4 Å². The van der Waals surface area contributed by atoms with Crippen LogP contribution in [-0.2, 0) is 17.9 Å². The molecule has 1 atom stereocenters. The Hall–Kier alpha value is -2.93. The molecule has 6 nitrogen and oxygen atoms in total. The molecule has 0 saturated heterocycles. The Labute approximate surface area is 171 Å². The monoisotopic (exact) mass is 417 g/mol. The molecule has 2 aromatic carbocycles. The summed E-state index contributed by atoms with van der Waals surface area (Å²) in [6, 6.07) is 10.3. The summed E-state index contributed by atoms with van der Waals surface area (Å²) < 4.78 is 15.6. The highest BCUT2D eigenvalue weighted by atomic mass is 35.5. The lowest BCUT2D eigenvalue weighted by Crippen LogP contribution is -2.43. The van der Waals surface area contributed by atoms with E-state index in [-0.39, 0.29) is 29.7 Å². The number of halogens is 2. The standard InChI is InChI=1S/C21H21ClFN3O3/c1-3-13(2)26-20(28)16-6-4-5-7-18(16)25(21(26)29)12-19(27)24-11-14-8-9-15(23)10-17(14)22/h4-10,13H,3,11-12H2,1-2H3,(H,24,27). The van der Waals surface area contributed by atoms with E-state index in [1.165, 1.54) is 27.3 Å². The van der Waals surface area contributed by atoms with Crippen molar-refractivity contribution in [1.82, 2.24) is 14.5 Å². The fraction of sp³-hybridized carbons (Fsp3) is 0.286. The van der Waals surface area contributed by atoms with Gasteiger partial charge in [-0.15, -0.1) is 0 Å². The van der Waals surface area contributed by atoms with Gasteiger partial charge in [-0.1, -0.05) is 36.7 Å². The van der Waals surface area contributed by atoms with Crippen LogP contribution in [0.2, 0.25) is 5.02 Å². The van der Waals surface area contributed by atoms with Gasteiger partial charge in [-0.2, -0.15) is 0 Å². The molecule has 0 saturated carbocycles. The Morgan fingerprint density at radius 3 is 2.62 bits per heavy atom. The number of fused-ring (bicyclic) bond motifs is 1. The van der Waals surface area contributed by atoms with E-state index < -0.39 is 17.4 Å². The summed E-state index contributed by atoms with van der Waals surface area (Å²) in [6.45, 7) is 3.51. The average molecular weight is 418 g/mol. The zero-order chi connectivity index (χ0) is 21.1. The molecule has 1 unspecified atom stereocenters. The molecule has 0 aliphatic rings. The topological polar surface area (TPSA) is 73.1 Å². The van der Waals surface area contributed by atoms with Gasteiger partial charge in [-0.05, 0) is 43.2 Å². The molecule has 0 aliphatic carbocycles. The van der Waals surface area contributed by atoms with E-state index in [2.05, 4.69) is 5.32 Å². The van der Waals surface area contributed by atoms with Crippen molar-refractivity contribution in [1.29, 1.82) is 0 Å². The summed E-state index contributed by atoms with van der Waals surface area (Å²) in [5.74, 6) is -0.887. The van der Waals surface area contributed by atoms with Crippen LogP contribution in [0.4, 0.5) is 4.39 Å². The quantitative estimate of drug-likeness (QED) is 0.669. The molecule has 152 valence electrons. The predicted molar refractivity (Wildman–Crippen MR) is 111 cm³/mol. The zero-order valence-electron chi connectivity index (χ0n) is 16.1. The first-order chi connectivity index (χ1) is 13.8. The summed E-state index contributed by atoms with van der Waals surface area (Å²) in [4.78, 5) is 38.3. The van der Waals surface area contributed by atoms with Crippen molar-refractivity contribution in [3.05, 3.63) is 79.7 Å². The van der Waals surface area contributed by atoms with Crippen LogP contribution in [0.25, 0.3) is 10.9 Å². The van der Waals surface area contributed by atoms with Crippen LogP contribution in [0.1, 0.15) is 31.9 Å². The fourth-order valence-electron chi connectivity index (χ4n) is 3.12. The lowest BCUT2D eigenvalue weighted by atomic mass is 10.2. The van der Waals surface area contributed by atoms with Crippen LogP contribution in [0.5, 0.6) is 0 Å². The van der Waals surface area contributed by atoms with E-state index in [4.69, 9.17) is 11.6 Å². The summed E-state index contributed by atoms with van der Waals surface area (Å²) in [5.41, 5.74) is 0.0629. The molecule has 1 amide bonds. The molecule has 8 heteroatoms. The van der Waals surface area contributed by atoms with Crippen LogP contribution in [-0.4, -0.2) is 15.0 Å². The van der Waals surface area contributed by atoms with E-state index >= 15 is 0 Å². The highest BCUT2D eigenvalue weighted by Gasteiger charge is 2.18. The Morgan fingerprint density at radius 2 is 1.93 bits per heavy atom. The molecule has 3 rings (SSSR count). The largest absolute Gasteiger partial charge is 0.350 e. The minimum absolute atomic E-state index is 0.0929. The Balaban J connectivity index is 1.94. The Kier molecular flexibility index (Phi) is 6.17. The first kappa shape index (κ1) is 20.8. The molecule has 0 aliphatic heterocycles. The number of hydrogen-bond acceptors (Lipinski definition) is 3. The first-order valence-electron chi connectivity index (χ1n) is 9.28. The van der Waals surface area contributed by atoms with E-state index in [1.54, 1.807) is 31.2 Å². The summed E-state index contributed by atoms with van der Waals surface area (Å²) >= 11 is 5.98. The van der Waals surface area contributed by atoms with Gasteiger partial charge in [0.2, 0.25) is 5.91 Å². The molecular formula is C21H21ClFN3O3. The molecule has 0 fully saturated rings. The third kappa shape index (κ3) is 4.24. The number of carbonyl (C=O) groups excluding carboxylic acids is 1. The summed E-state index contributed by atoms with van der Waals surface area (Å²) in [7, 11) is 0. The zero-order valence-corrected chi connectivity index (χ0v) is 16.9. The molecule has 1 N–H and O–H groups in total. The van der Waals surface area contributed by atoms with Crippen LogP contribution in [0, 0.1) is 5.82 Å². The number of carbonyl (C=O) groups is 1. The molecule has 3 aromatic rings. The molecule has 0 spiro atoms. The van der Waals surface area contributed by atoms with Crippen molar-refractivity contribution >= 4 is 28.4 Å². The maximum atomic E-state index is 13.2. The van der Waals surface area contributed by atoms with Gasteiger partial charge in [-0.25, -0.2) is 9.18 Å². The number of rotatable bonds is 6. The van der Waals surface area contributed by atoms with E-state index in [0.717, 1.165) is 0 Å². The maximum absolute atomic E-state index is 13.2. The van der Waals surface area contributed by atoms with Crippen LogP contribution >= 0.6 is 11.6 Å². The fourth-order valence-corrected chi connectivity index (χ4v) is 3.36. The number of hydrogen-bond donors (Lipinski definition) is 1. The van der Waals surface area contributed by atoms with Gasteiger partial charge in [0, 0.05) is 17.6 Å². The second-order valence-electron chi connectivity index (χ2n) is 6.83. The molecule has 0 bridgehead atoms. The molecular weight excluding hydrogens is 397 g/mol. The number of benzene rings is 2. The molecule has 0 radical (unpaired) electrons. The normalized spacial score (nSPS) is 12.1. The SMILES string of the molecule is CCC(C)n1c(=O)c2ccccc2n(CC(=O)NCc2ccc(F)cc2Cl)c1=O. The first-order valence-corrected chi connectivity index (χ1v) is 9.66. The minimum atomic E-state index is -0.530.